The Labute approximate surface area is 124 Å². The highest BCUT2D eigenvalue weighted by atomic mass is 16.2. The number of hydrogen-bond donors (Lipinski definition) is 1. The SMILES string of the molecule is CCN1CCN(CCCCCNC(=O)C(C)(C)C)CC1. The van der Waals surface area contributed by atoms with Gasteiger partial charge in [0.15, 0.2) is 0 Å². The summed E-state index contributed by atoms with van der Waals surface area (Å²) in [5.74, 6) is 0.160. The molecule has 1 heterocycles. The smallest absolute Gasteiger partial charge is 0.225 e. The lowest BCUT2D eigenvalue weighted by atomic mass is 9.96. The molecule has 4 heteroatoms. The van der Waals surface area contributed by atoms with Crippen molar-refractivity contribution in [1.82, 2.24) is 15.1 Å². The van der Waals surface area contributed by atoms with Crippen LogP contribution in [0.5, 0.6) is 0 Å². The third-order valence-electron chi connectivity index (χ3n) is 4.03. The van der Waals surface area contributed by atoms with Gasteiger partial charge in [0.2, 0.25) is 5.91 Å². The van der Waals surface area contributed by atoms with Gasteiger partial charge in [0.25, 0.3) is 0 Å². The molecule has 0 spiro atoms. The van der Waals surface area contributed by atoms with Crippen LogP contribution in [-0.4, -0.2) is 61.5 Å². The van der Waals surface area contributed by atoms with Crippen molar-refractivity contribution in [3.05, 3.63) is 0 Å². The van der Waals surface area contributed by atoms with E-state index in [-0.39, 0.29) is 11.3 Å². The molecular weight excluding hydrogens is 250 g/mol. The van der Waals surface area contributed by atoms with Crippen molar-refractivity contribution in [2.45, 2.75) is 47.0 Å². The van der Waals surface area contributed by atoms with E-state index in [0.29, 0.717) is 0 Å². The molecular formula is C16H33N3O. The maximum Gasteiger partial charge on any atom is 0.225 e. The van der Waals surface area contributed by atoms with Gasteiger partial charge >= 0.3 is 0 Å². The Morgan fingerprint density at radius 3 is 2.15 bits per heavy atom. The molecule has 118 valence electrons. The Hall–Kier alpha value is -0.610. The Morgan fingerprint density at radius 2 is 1.60 bits per heavy atom. The van der Waals surface area contributed by atoms with Crippen molar-refractivity contribution >= 4 is 5.91 Å². The highest BCUT2D eigenvalue weighted by Crippen LogP contribution is 2.12. The molecule has 0 aliphatic carbocycles. The van der Waals surface area contributed by atoms with E-state index in [1.165, 1.54) is 52.1 Å². The highest BCUT2D eigenvalue weighted by Gasteiger charge is 2.20. The van der Waals surface area contributed by atoms with Gasteiger partial charge in [-0.1, -0.05) is 34.1 Å². The second-order valence-electron chi connectivity index (χ2n) is 6.84. The Bertz CT molecular complexity index is 278. The molecule has 0 bridgehead atoms. The van der Waals surface area contributed by atoms with Gasteiger partial charge in [-0.15, -0.1) is 0 Å². The molecule has 0 aromatic carbocycles. The molecule has 1 aliphatic heterocycles. The molecule has 1 aliphatic rings. The summed E-state index contributed by atoms with van der Waals surface area (Å²) < 4.78 is 0. The van der Waals surface area contributed by atoms with Crippen molar-refractivity contribution < 1.29 is 4.79 Å². The van der Waals surface area contributed by atoms with Crippen LogP contribution in [0, 0.1) is 5.41 Å². The number of carbonyl (C=O) groups is 1. The van der Waals surface area contributed by atoms with Crippen molar-refractivity contribution in [1.29, 1.82) is 0 Å². The fourth-order valence-corrected chi connectivity index (χ4v) is 2.43. The topological polar surface area (TPSA) is 35.6 Å². The molecule has 0 saturated carbocycles. The molecule has 0 radical (unpaired) electrons. The van der Waals surface area contributed by atoms with Crippen molar-refractivity contribution in [2.24, 2.45) is 5.41 Å². The number of piperazine rings is 1. The minimum absolute atomic E-state index is 0.160. The molecule has 1 amide bonds. The summed E-state index contributed by atoms with van der Waals surface area (Å²) in [4.78, 5) is 16.8. The van der Waals surface area contributed by atoms with Crippen LogP contribution in [0.2, 0.25) is 0 Å². The predicted octanol–water partition coefficient (Wildman–Crippen LogP) is 1.96. The molecule has 0 aromatic rings. The zero-order valence-corrected chi connectivity index (χ0v) is 13.9. The number of amides is 1. The normalized spacial score (nSPS) is 18.2. The summed E-state index contributed by atoms with van der Waals surface area (Å²) in [7, 11) is 0. The lowest BCUT2D eigenvalue weighted by Crippen LogP contribution is -2.46. The van der Waals surface area contributed by atoms with Gasteiger partial charge in [-0.2, -0.15) is 0 Å². The second kappa shape index (κ2) is 8.63. The van der Waals surface area contributed by atoms with Crippen LogP contribution >= 0.6 is 0 Å². The standard InChI is InChI=1S/C16H33N3O/c1-5-18-11-13-19(14-12-18)10-8-6-7-9-17-15(20)16(2,3)4/h5-14H2,1-4H3,(H,17,20). The lowest BCUT2D eigenvalue weighted by Gasteiger charge is -2.34. The first kappa shape index (κ1) is 17.4. The molecule has 1 N–H and O–H groups in total. The lowest BCUT2D eigenvalue weighted by molar-refractivity contribution is -0.128. The number of hydrogen-bond acceptors (Lipinski definition) is 3. The van der Waals surface area contributed by atoms with E-state index in [9.17, 15) is 4.79 Å². The van der Waals surface area contributed by atoms with Crippen molar-refractivity contribution in [3.63, 3.8) is 0 Å². The van der Waals surface area contributed by atoms with Gasteiger partial charge in [0.1, 0.15) is 0 Å². The van der Waals surface area contributed by atoms with E-state index >= 15 is 0 Å². The average molecular weight is 283 g/mol. The molecule has 1 saturated heterocycles. The summed E-state index contributed by atoms with van der Waals surface area (Å²) in [5.41, 5.74) is -0.265. The number of rotatable bonds is 7. The van der Waals surface area contributed by atoms with Gasteiger partial charge in [-0.25, -0.2) is 0 Å². The van der Waals surface area contributed by atoms with Crippen LogP contribution in [0.25, 0.3) is 0 Å². The Kier molecular flexibility index (Phi) is 7.52. The zero-order chi connectivity index (χ0) is 15.0. The minimum atomic E-state index is -0.265. The van der Waals surface area contributed by atoms with Crippen LogP contribution in [0.15, 0.2) is 0 Å². The third kappa shape index (κ3) is 6.71. The number of carbonyl (C=O) groups excluding carboxylic acids is 1. The Balaban J connectivity index is 1.97. The Morgan fingerprint density at radius 1 is 1.00 bits per heavy atom. The van der Waals surface area contributed by atoms with Crippen LogP contribution in [0.4, 0.5) is 0 Å². The molecule has 0 unspecified atom stereocenters. The molecule has 4 nitrogen and oxygen atoms in total. The molecule has 20 heavy (non-hydrogen) atoms. The summed E-state index contributed by atoms with van der Waals surface area (Å²) in [6, 6.07) is 0. The van der Waals surface area contributed by atoms with E-state index in [2.05, 4.69) is 22.0 Å². The van der Waals surface area contributed by atoms with Crippen molar-refractivity contribution in [3.8, 4) is 0 Å². The average Bonchev–Trinajstić information content (AvgIpc) is 2.42. The van der Waals surface area contributed by atoms with E-state index in [0.717, 1.165) is 13.0 Å². The van der Waals surface area contributed by atoms with E-state index in [1.807, 2.05) is 20.8 Å². The fraction of sp³-hybridized carbons (Fsp3) is 0.938. The number of unbranched alkanes of at least 4 members (excludes halogenated alkanes) is 2. The molecule has 0 atom stereocenters. The third-order valence-corrected chi connectivity index (χ3v) is 4.03. The fourth-order valence-electron chi connectivity index (χ4n) is 2.43. The van der Waals surface area contributed by atoms with Crippen LogP contribution in [0.1, 0.15) is 47.0 Å². The van der Waals surface area contributed by atoms with Crippen LogP contribution in [0.3, 0.4) is 0 Å². The first-order valence-corrected chi connectivity index (χ1v) is 8.16. The van der Waals surface area contributed by atoms with Gasteiger partial charge in [0, 0.05) is 38.1 Å². The maximum atomic E-state index is 11.7. The van der Waals surface area contributed by atoms with E-state index < -0.39 is 0 Å². The number of nitrogens with zero attached hydrogens (tertiary/aromatic N) is 2. The minimum Gasteiger partial charge on any atom is -0.356 e. The summed E-state index contributed by atoms with van der Waals surface area (Å²) in [6.07, 6.45) is 3.55. The molecule has 0 aromatic heterocycles. The zero-order valence-electron chi connectivity index (χ0n) is 13.9. The second-order valence-corrected chi connectivity index (χ2v) is 6.84. The first-order valence-electron chi connectivity index (χ1n) is 8.16. The van der Waals surface area contributed by atoms with Gasteiger partial charge in [-0.3, -0.25) is 4.79 Å². The van der Waals surface area contributed by atoms with Gasteiger partial charge < -0.3 is 15.1 Å². The predicted molar refractivity (Wildman–Crippen MR) is 84.9 cm³/mol. The van der Waals surface area contributed by atoms with E-state index in [1.54, 1.807) is 0 Å². The monoisotopic (exact) mass is 283 g/mol. The van der Waals surface area contributed by atoms with Gasteiger partial charge in [0.05, 0.1) is 0 Å². The number of likely N-dealkylation sites (N-methyl/N-ethyl adjacent to an activating group) is 1. The van der Waals surface area contributed by atoms with Crippen molar-refractivity contribution in [2.75, 3.05) is 45.8 Å². The molecule has 1 rings (SSSR count). The van der Waals surface area contributed by atoms with Crippen LogP contribution in [-0.2, 0) is 4.79 Å². The first-order chi connectivity index (χ1) is 9.43. The summed E-state index contributed by atoms with van der Waals surface area (Å²) >= 11 is 0. The highest BCUT2D eigenvalue weighted by molar-refractivity contribution is 5.81. The summed E-state index contributed by atoms with van der Waals surface area (Å²) in [5, 5.41) is 3.02. The molecule has 1 fully saturated rings. The van der Waals surface area contributed by atoms with Gasteiger partial charge in [-0.05, 0) is 25.9 Å². The van der Waals surface area contributed by atoms with Crippen LogP contribution < -0.4 is 5.32 Å². The summed E-state index contributed by atoms with van der Waals surface area (Å²) in [6.45, 7) is 16.2. The quantitative estimate of drug-likeness (QED) is 0.726. The largest absolute Gasteiger partial charge is 0.356 e. The number of nitrogens with one attached hydrogen (secondary N) is 1. The maximum absolute atomic E-state index is 11.7. The van der Waals surface area contributed by atoms with E-state index in [4.69, 9.17) is 0 Å².